The smallest absolute Gasteiger partial charge is 0.296 e. The molecule has 0 saturated carbocycles. The number of hydrogen-bond donors (Lipinski definition) is 2. The van der Waals surface area contributed by atoms with E-state index in [4.69, 9.17) is 4.42 Å². The van der Waals surface area contributed by atoms with Crippen molar-refractivity contribution in [3.05, 3.63) is 107 Å². The van der Waals surface area contributed by atoms with Crippen LogP contribution in [0.1, 0.15) is 48.5 Å². The van der Waals surface area contributed by atoms with Crippen molar-refractivity contribution in [1.82, 2.24) is 9.97 Å². The first-order valence-electron chi connectivity index (χ1n) is 12.2. The van der Waals surface area contributed by atoms with E-state index in [-0.39, 0.29) is 22.7 Å². The van der Waals surface area contributed by atoms with Gasteiger partial charge >= 0.3 is 0 Å². The molecule has 0 spiro atoms. The SMILES string of the molecule is CC(C)(C)c1ccc(C2C(C(=O)c3cc4ccccc4o3)=C(O)C(=O)N2c2nc3ccc(F)cc3[nH]2)cc1. The monoisotopic (exact) mass is 509 g/mol. The van der Waals surface area contributed by atoms with Gasteiger partial charge in [-0.05, 0) is 46.9 Å². The third kappa shape index (κ3) is 3.76. The molecule has 0 fully saturated rings. The van der Waals surface area contributed by atoms with Crippen molar-refractivity contribution in [2.45, 2.75) is 32.2 Å². The van der Waals surface area contributed by atoms with Gasteiger partial charge in [0, 0.05) is 5.39 Å². The Kier molecular flexibility index (Phi) is 5.24. The van der Waals surface area contributed by atoms with Gasteiger partial charge in [0.1, 0.15) is 11.4 Å². The lowest BCUT2D eigenvalue weighted by atomic mass is 9.85. The highest BCUT2D eigenvalue weighted by Gasteiger charge is 2.46. The van der Waals surface area contributed by atoms with E-state index >= 15 is 0 Å². The fourth-order valence-electron chi connectivity index (χ4n) is 4.85. The van der Waals surface area contributed by atoms with Crippen LogP contribution in [0.2, 0.25) is 0 Å². The second-order valence-corrected chi connectivity index (χ2v) is 10.4. The predicted octanol–water partition coefficient (Wildman–Crippen LogP) is 6.53. The number of rotatable bonds is 4. The molecule has 38 heavy (non-hydrogen) atoms. The summed E-state index contributed by atoms with van der Waals surface area (Å²) in [6, 6.07) is 19.3. The molecule has 3 heterocycles. The maximum Gasteiger partial charge on any atom is 0.296 e. The lowest BCUT2D eigenvalue weighted by Crippen LogP contribution is -2.32. The fraction of sp³-hybridized carbons (Fsp3) is 0.167. The molecular weight excluding hydrogens is 485 g/mol. The molecule has 190 valence electrons. The van der Waals surface area contributed by atoms with Crippen molar-refractivity contribution in [1.29, 1.82) is 0 Å². The zero-order valence-electron chi connectivity index (χ0n) is 20.9. The third-order valence-electron chi connectivity index (χ3n) is 6.85. The molecule has 5 aromatic rings. The minimum absolute atomic E-state index is 0.00499. The number of anilines is 1. The Morgan fingerprint density at radius 1 is 1.05 bits per heavy atom. The molecule has 0 aliphatic carbocycles. The minimum atomic E-state index is -0.998. The number of aliphatic hydroxyl groups excluding tert-OH is 1. The lowest BCUT2D eigenvalue weighted by Gasteiger charge is -2.25. The number of amides is 1. The molecule has 1 atom stereocenters. The van der Waals surface area contributed by atoms with Crippen molar-refractivity contribution < 1.29 is 23.5 Å². The summed E-state index contributed by atoms with van der Waals surface area (Å²) in [6.45, 7) is 6.26. The summed E-state index contributed by atoms with van der Waals surface area (Å²) in [5.74, 6) is -2.47. The second-order valence-electron chi connectivity index (χ2n) is 10.4. The van der Waals surface area contributed by atoms with E-state index in [2.05, 4.69) is 30.7 Å². The average Bonchev–Trinajstić information content (AvgIpc) is 3.57. The fourth-order valence-corrected chi connectivity index (χ4v) is 4.85. The number of furan rings is 1. The average molecular weight is 510 g/mol. The standard InChI is InChI=1S/C30H24FN3O4/c1-30(2,3)18-10-8-16(9-11-18)25-24(26(35)23-14-17-6-4-5-7-22(17)38-23)27(36)28(37)34(25)29-32-20-13-12-19(31)15-21(20)33-29/h4-15,25,36H,1-3H3,(H,32,33). The van der Waals surface area contributed by atoms with Gasteiger partial charge in [-0.2, -0.15) is 0 Å². The molecule has 6 rings (SSSR count). The normalized spacial score (nSPS) is 16.3. The number of fused-ring (bicyclic) bond motifs is 2. The number of aromatic nitrogens is 2. The number of imidazole rings is 1. The number of nitrogens with one attached hydrogen (secondary N) is 1. The Hall–Kier alpha value is -4.72. The van der Waals surface area contributed by atoms with E-state index in [0.29, 0.717) is 22.2 Å². The third-order valence-corrected chi connectivity index (χ3v) is 6.85. The summed E-state index contributed by atoms with van der Waals surface area (Å²) >= 11 is 0. The maximum absolute atomic E-state index is 13.8. The van der Waals surface area contributed by atoms with E-state index in [0.717, 1.165) is 10.9 Å². The van der Waals surface area contributed by atoms with Crippen LogP contribution in [0.15, 0.2) is 88.5 Å². The predicted molar refractivity (Wildman–Crippen MR) is 142 cm³/mol. The Bertz CT molecular complexity index is 1740. The Morgan fingerprint density at radius 3 is 2.50 bits per heavy atom. The number of nitrogens with zero attached hydrogens (tertiary/aromatic N) is 2. The van der Waals surface area contributed by atoms with Gasteiger partial charge in [0.15, 0.2) is 11.5 Å². The number of aliphatic hydroxyl groups is 1. The van der Waals surface area contributed by atoms with Crippen molar-refractivity contribution in [2.24, 2.45) is 0 Å². The van der Waals surface area contributed by atoms with E-state index in [1.54, 1.807) is 18.2 Å². The van der Waals surface area contributed by atoms with Crippen LogP contribution in [-0.4, -0.2) is 26.8 Å². The van der Waals surface area contributed by atoms with Gasteiger partial charge in [-0.1, -0.05) is 63.2 Å². The minimum Gasteiger partial charge on any atom is -0.503 e. The summed E-state index contributed by atoms with van der Waals surface area (Å²) in [7, 11) is 0. The number of halogens is 1. The molecule has 2 N–H and O–H groups in total. The van der Waals surface area contributed by atoms with E-state index in [9.17, 15) is 19.1 Å². The van der Waals surface area contributed by atoms with Gasteiger partial charge in [0.25, 0.3) is 5.91 Å². The number of para-hydroxylation sites is 1. The highest BCUT2D eigenvalue weighted by molar-refractivity contribution is 6.20. The van der Waals surface area contributed by atoms with Crippen molar-refractivity contribution in [3.63, 3.8) is 0 Å². The van der Waals surface area contributed by atoms with Gasteiger partial charge in [-0.15, -0.1) is 0 Å². The number of carbonyl (C=O) groups is 2. The Balaban J connectivity index is 1.51. The summed E-state index contributed by atoms with van der Waals surface area (Å²) in [4.78, 5) is 35.9. The summed E-state index contributed by atoms with van der Waals surface area (Å²) in [5, 5.41) is 11.8. The zero-order chi connectivity index (χ0) is 26.8. The second kappa shape index (κ2) is 8.41. The molecule has 8 heteroatoms. The highest BCUT2D eigenvalue weighted by Crippen LogP contribution is 2.42. The number of carbonyl (C=O) groups excluding carboxylic acids is 2. The van der Waals surface area contributed by atoms with Crippen LogP contribution >= 0.6 is 0 Å². The molecule has 3 aromatic carbocycles. The van der Waals surface area contributed by atoms with Gasteiger partial charge in [0.05, 0.1) is 22.6 Å². The molecule has 1 aliphatic rings. The van der Waals surface area contributed by atoms with E-state index in [1.165, 1.54) is 23.1 Å². The maximum atomic E-state index is 13.8. The van der Waals surface area contributed by atoms with E-state index < -0.39 is 29.3 Å². The van der Waals surface area contributed by atoms with Gasteiger partial charge in [0.2, 0.25) is 11.7 Å². The lowest BCUT2D eigenvalue weighted by molar-refractivity contribution is -0.117. The van der Waals surface area contributed by atoms with Crippen molar-refractivity contribution in [3.8, 4) is 0 Å². The first-order chi connectivity index (χ1) is 18.1. The number of Topliss-reactive ketones (excluding diaryl/α,β-unsaturated/α-hetero) is 1. The van der Waals surface area contributed by atoms with Crippen LogP contribution in [0.25, 0.3) is 22.0 Å². The molecule has 2 aromatic heterocycles. The van der Waals surface area contributed by atoms with Crippen LogP contribution < -0.4 is 4.90 Å². The van der Waals surface area contributed by atoms with Crippen LogP contribution in [0.4, 0.5) is 10.3 Å². The topological polar surface area (TPSA) is 99.4 Å². The molecule has 1 amide bonds. The first-order valence-corrected chi connectivity index (χ1v) is 12.2. The quantitative estimate of drug-likeness (QED) is 0.268. The van der Waals surface area contributed by atoms with Gasteiger partial charge in [-0.25, -0.2) is 9.37 Å². The number of aromatic amines is 1. The van der Waals surface area contributed by atoms with Crippen LogP contribution in [0.5, 0.6) is 0 Å². The summed E-state index contributed by atoms with van der Waals surface area (Å²) in [6.07, 6.45) is 0. The van der Waals surface area contributed by atoms with Gasteiger partial charge in [-0.3, -0.25) is 14.5 Å². The Morgan fingerprint density at radius 2 is 1.79 bits per heavy atom. The first kappa shape index (κ1) is 23.7. The number of H-pyrrole nitrogens is 1. The number of hydrogen-bond acceptors (Lipinski definition) is 5. The van der Waals surface area contributed by atoms with Crippen LogP contribution in [0.3, 0.4) is 0 Å². The number of ketones is 1. The highest BCUT2D eigenvalue weighted by atomic mass is 19.1. The molecule has 1 unspecified atom stereocenters. The Labute approximate surface area is 217 Å². The summed E-state index contributed by atoms with van der Waals surface area (Å²) in [5.41, 5.74) is 2.76. The van der Waals surface area contributed by atoms with Crippen molar-refractivity contribution >= 4 is 39.6 Å². The molecular formula is C30H24FN3O4. The van der Waals surface area contributed by atoms with E-state index in [1.807, 2.05) is 36.4 Å². The molecule has 0 saturated heterocycles. The van der Waals surface area contributed by atoms with Crippen LogP contribution in [-0.2, 0) is 10.2 Å². The van der Waals surface area contributed by atoms with Crippen molar-refractivity contribution in [2.75, 3.05) is 4.90 Å². The largest absolute Gasteiger partial charge is 0.503 e. The van der Waals surface area contributed by atoms with Crippen LogP contribution in [0, 0.1) is 5.82 Å². The number of benzene rings is 3. The molecule has 0 bridgehead atoms. The zero-order valence-corrected chi connectivity index (χ0v) is 20.9. The molecule has 0 radical (unpaired) electrons. The summed E-state index contributed by atoms with van der Waals surface area (Å²) < 4.78 is 19.6. The molecule has 7 nitrogen and oxygen atoms in total. The molecule has 1 aliphatic heterocycles. The van der Waals surface area contributed by atoms with Gasteiger partial charge < -0.3 is 14.5 Å².